The Morgan fingerprint density at radius 3 is 2.61 bits per heavy atom. The molecule has 1 saturated heterocycles. The Morgan fingerprint density at radius 2 is 1.97 bits per heavy atom. The van der Waals surface area contributed by atoms with E-state index in [0.29, 0.717) is 23.2 Å². The average Bonchev–Trinajstić information content (AvgIpc) is 2.97. The first-order valence-corrected chi connectivity index (χ1v) is 10.1. The zero-order chi connectivity index (χ0) is 22.7. The first-order chi connectivity index (χ1) is 14.7. The maximum absolute atomic E-state index is 12.6. The summed E-state index contributed by atoms with van der Waals surface area (Å²) in [5.41, 5.74) is 0.354. The van der Waals surface area contributed by atoms with Gasteiger partial charge < -0.3 is 10.1 Å². The van der Waals surface area contributed by atoms with E-state index in [9.17, 15) is 24.5 Å². The molecule has 9 nitrogen and oxygen atoms in total. The molecule has 0 aliphatic carbocycles. The second-order valence-corrected chi connectivity index (χ2v) is 7.94. The smallest absolute Gasteiger partial charge is 0.294 e. The van der Waals surface area contributed by atoms with Crippen LogP contribution >= 0.6 is 35.0 Å². The fourth-order valence-electron chi connectivity index (χ4n) is 2.62. The average molecular weight is 482 g/mol. The summed E-state index contributed by atoms with van der Waals surface area (Å²) in [5.74, 6) is -0.894. The molecular formula is C19H13Cl2N3O6S. The van der Waals surface area contributed by atoms with Crippen molar-refractivity contribution in [3.05, 3.63) is 67.0 Å². The standard InChI is InChI=1S/C19H13Cl2N3O6S/c1-30-15-5-2-11(8-14(15)21)22-17(25)9-23-18(26)16(31-19(23)27)7-10-6-12(24(28)29)3-4-13(10)20/h2-8H,9H2,1H3,(H,22,25). The summed E-state index contributed by atoms with van der Waals surface area (Å²) >= 11 is 12.7. The third-order valence-corrected chi connectivity index (χ3v) is 5.63. The number of hydrogen-bond donors (Lipinski definition) is 1. The van der Waals surface area contributed by atoms with E-state index in [1.54, 1.807) is 12.1 Å². The highest BCUT2D eigenvalue weighted by Crippen LogP contribution is 2.34. The van der Waals surface area contributed by atoms with Gasteiger partial charge in [0.05, 0.1) is 22.0 Å². The molecule has 12 heteroatoms. The third kappa shape index (κ3) is 5.16. The van der Waals surface area contributed by atoms with Crippen LogP contribution in [0.25, 0.3) is 6.08 Å². The van der Waals surface area contributed by atoms with Crippen LogP contribution in [0.2, 0.25) is 10.0 Å². The van der Waals surface area contributed by atoms with E-state index in [2.05, 4.69) is 5.32 Å². The number of carbonyl (C=O) groups excluding carboxylic acids is 3. The Kier molecular flexibility index (Phi) is 6.84. The highest BCUT2D eigenvalue weighted by Gasteiger charge is 2.36. The van der Waals surface area contributed by atoms with E-state index in [0.717, 1.165) is 4.90 Å². The molecule has 0 unspecified atom stereocenters. The van der Waals surface area contributed by atoms with Gasteiger partial charge in [0.25, 0.3) is 16.8 Å². The van der Waals surface area contributed by atoms with Crippen LogP contribution in [-0.4, -0.2) is 40.5 Å². The van der Waals surface area contributed by atoms with E-state index in [1.807, 2.05) is 0 Å². The van der Waals surface area contributed by atoms with Gasteiger partial charge in [-0.25, -0.2) is 0 Å². The summed E-state index contributed by atoms with van der Waals surface area (Å²) in [6.07, 6.45) is 1.28. The minimum Gasteiger partial charge on any atom is -0.495 e. The monoisotopic (exact) mass is 481 g/mol. The SMILES string of the molecule is COc1ccc(NC(=O)CN2C(=O)SC(=Cc3cc([N+](=O)[O-])ccc3Cl)C2=O)cc1Cl. The Morgan fingerprint density at radius 1 is 1.23 bits per heavy atom. The molecule has 1 fully saturated rings. The molecule has 3 rings (SSSR count). The van der Waals surface area contributed by atoms with Crippen LogP contribution in [0.3, 0.4) is 0 Å². The zero-order valence-corrected chi connectivity index (χ0v) is 18.1. The molecule has 3 amide bonds. The topological polar surface area (TPSA) is 119 Å². The van der Waals surface area contributed by atoms with Gasteiger partial charge in [-0.05, 0) is 42.1 Å². The van der Waals surface area contributed by atoms with Crippen LogP contribution in [0.15, 0.2) is 41.3 Å². The van der Waals surface area contributed by atoms with Crippen molar-refractivity contribution in [1.82, 2.24) is 4.90 Å². The molecule has 1 aliphatic rings. The number of non-ortho nitro benzene ring substituents is 1. The maximum Gasteiger partial charge on any atom is 0.294 e. The van der Waals surface area contributed by atoms with Crippen molar-refractivity contribution in [2.45, 2.75) is 0 Å². The maximum atomic E-state index is 12.6. The molecule has 1 aliphatic heterocycles. The minimum atomic E-state index is -0.708. The molecule has 160 valence electrons. The molecule has 0 atom stereocenters. The van der Waals surface area contributed by atoms with Crippen molar-refractivity contribution in [2.75, 3.05) is 19.0 Å². The molecule has 0 saturated carbocycles. The van der Waals surface area contributed by atoms with Gasteiger partial charge in [-0.1, -0.05) is 23.2 Å². The van der Waals surface area contributed by atoms with Crippen molar-refractivity contribution >= 4 is 69.5 Å². The van der Waals surface area contributed by atoms with Gasteiger partial charge in [0.2, 0.25) is 5.91 Å². The fraction of sp³-hybridized carbons (Fsp3) is 0.105. The molecule has 1 heterocycles. The normalized spacial score (nSPS) is 14.8. The molecule has 0 radical (unpaired) electrons. The Labute approximate surface area is 190 Å². The van der Waals surface area contributed by atoms with Gasteiger partial charge >= 0.3 is 0 Å². The number of rotatable bonds is 6. The summed E-state index contributed by atoms with van der Waals surface area (Å²) in [5, 5.41) is 13.3. The summed E-state index contributed by atoms with van der Waals surface area (Å²) in [7, 11) is 1.45. The highest BCUT2D eigenvalue weighted by atomic mass is 35.5. The first kappa shape index (κ1) is 22.6. The minimum absolute atomic E-state index is 0.00677. The van der Waals surface area contributed by atoms with Crippen LogP contribution in [0.4, 0.5) is 16.2 Å². The number of methoxy groups -OCH3 is 1. The quantitative estimate of drug-likeness (QED) is 0.364. The number of nitro benzene ring substituents is 1. The van der Waals surface area contributed by atoms with Gasteiger partial charge in [0.1, 0.15) is 12.3 Å². The molecule has 0 aromatic heterocycles. The lowest BCUT2D eigenvalue weighted by atomic mass is 10.2. The number of hydrogen-bond acceptors (Lipinski definition) is 7. The van der Waals surface area contributed by atoms with Crippen LogP contribution in [0, 0.1) is 10.1 Å². The third-order valence-electron chi connectivity index (χ3n) is 4.09. The van der Waals surface area contributed by atoms with Crippen molar-refractivity contribution in [3.63, 3.8) is 0 Å². The number of nitro groups is 1. The number of halogens is 2. The van der Waals surface area contributed by atoms with Crippen LogP contribution in [-0.2, 0) is 9.59 Å². The number of amides is 3. The Balaban J connectivity index is 1.74. The number of carbonyl (C=O) groups is 3. The van der Waals surface area contributed by atoms with E-state index >= 15 is 0 Å². The number of anilines is 1. The lowest BCUT2D eigenvalue weighted by Crippen LogP contribution is -2.36. The molecule has 0 bridgehead atoms. The summed E-state index contributed by atoms with van der Waals surface area (Å²) in [6.45, 7) is -0.520. The number of nitrogens with zero attached hydrogens (tertiary/aromatic N) is 2. The number of imide groups is 1. The van der Waals surface area contributed by atoms with Crippen molar-refractivity contribution in [2.24, 2.45) is 0 Å². The van der Waals surface area contributed by atoms with E-state index in [-0.39, 0.29) is 26.2 Å². The van der Waals surface area contributed by atoms with Gasteiger partial charge in [0.15, 0.2) is 0 Å². The van der Waals surface area contributed by atoms with Crippen molar-refractivity contribution in [1.29, 1.82) is 0 Å². The first-order valence-electron chi connectivity index (χ1n) is 8.52. The molecule has 2 aromatic carbocycles. The number of ether oxygens (including phenoxy) is 1. The summed E-state index contributed by atoms with van der Waals surface area (Å²) < 4.78 is 5.03. The Hall–Kier alpha value is -3.08. The number of nitrogens with one attached hydrogen (secondary N) is 1. The van der Waals surface area contributed by atoms with Crippen LogP contribution < -0.4 is 10.1 Å². The lowest BCUT2D eigenvalue weighted by molar-refractivity contribution is -0.384. The Bertz CT molecular complexity index is 1140. The summed E-state index contributed by atoms with van der Waals surface area (Å²) in [4.78, 5) is 48.2. The predicted molar refractivity (Wildman–Crippen MR) is 117 cm³/mol. The number of thioether (sulfide) groups is 1. The molecular weight excluding hydrogens is 469 g/mol. The van der Waals surface area contributed by atoms with Crippen molar-refractivity contribution < 1.29 is 24.0 Å². The van der Waals surface area contributed by atoms with Gasteiger partial charge in [-0.15, -0.1) is 0 Å². The van der Waals surface area contributed by atoms with Crippen molar-refractivity contribution in [3.8, 4) is 5.75 Å². The van der Waals surface area contributed by atoms with Crippen LogP contribution in [0.1, 0.15) is 5.56 Å². The lowest BCUT2D eigenvalue weighted by Gasteiger charge is -2.13. The van der Waals surface area contributed by atoms with Crippen LogP contribution in [0.5, 0.6) is 5.75 Å². The van der Waals surface area contributed by atoms with E-state index in [4.69, 9.17) is 27.9 Å². The van der Waals surface area contributed by atoms with E-state index < -0.39 is 28.5 Å². The largest absolute Gasteiger partial charge is 0.495 e. The fourth-order valence-corrected chi connectivity index (χ4v) is 3.88. The second-order valence-electron chi connectivity index (χ2n) is 6.13. The highest BCUT2D eigenvalue weighted by molar-refractivity contribution is 8.18. The van der Waals surface area contributed by atoms with Gasteiger partial charge in [-0.3, -0.25) is 29.4 Å². The molecule has 1 N–H and O–H groups in total. The molecule has 0 spiro atoms. The molecule has 31 heavy (non-hydrogen) atoms. The summed E-state index contributed by atoms with van der Waals surface area (Å²) in [6, 6.07) is 8.32. The number of benzene rings is 2. The van der Waals surface area contributed by atoms with E-state index in [1.165, 1.54) is 37.5 Å². The zero-order valence-electron chi connectivity index (χ0n) is 15.8. The second kappa shape index (κ2) is 9.38. The van der Waals surface area contributed by atoms with Gasteiger partial charge in [0, 0.05) is 28.4 Å². The van der Waals surface area contributed by atoms with Gasteiger partial charge in [-0.2, -0.15) is 0 Å². The molecule has 2 aromatic rings. The predicted octanol–water partition coefficient (Wildman–Crippen LogP) is 4.59.